The number of sulfonamides is 2. The van der Waals surface area contributed by atoms with Gasteiger partial charge in [0.15, 0.2) is 0 Å². The van der Waals surface area contributed by atoms with Gasteiger partial charge >= 0.3 is 0 Å². The van der Waals surface area contributed by atoms with Gasteiger partial charge in [-0.15, -0.1) is 0 Å². The number of rotatable bonds is 7. The number of hydrogen-bond donors (Lipinski definition) is 1. The normalized spacial score (nSPS) is 12.4. The summed E-state index contributed by atoms with van der Waals surface area (Å²) in [5.74, 6) is 0. The van der Waals surface area contributed by atoms with Gasteiger partial charge < -0.3 is 0 Å². The smallest absolute Gasteiger partial charge is 0.263 e. The first-order valence-electron chi connectivity index (χ1n) is 7.80. The number of halogens is 3. The Morgan fingerprint density at radius 3 is 2.00 bits per heavy atom. The molecule has 148 valence electrons. The Morgan fingerprint density at radius 2 is 1.41 bits per heavy atom. The molecule has 0 heterocycles. The van der Waals surface area contributed by atoms with E-state index in [2.05, 4.69) is 4.72 Å². The average molecular weight is 472 g/mol. The molecule has 0 atom stereocenters. The Balaban J connectivity index is 2.49. The van der Waals surface area contributed by atoms with Crippen molar-refractivity contribution in [2.75, 3.05) is 17.8 Å². The van der Waals surface area contributed by atoms with Gasteiger partial charge in [0.25, 0.3) is 10.0 Å². The van der Waals surface area contributed by atoms with Crippen molar-refractivity contribution in [3.8, 4) is 0 Å². The predicted octanol–water partition coefficient (Wildman–Crippen LogP) is 4.48. The molecular weight excluding hydrogens is 455 g/mol. The summed E-state index contributed by atoms with van der Waals surface area (Å²) in [7, 11) is -7.96. The lowest BCUT2D eigenvalue weighted by molar-refractivity contribution is 0.445. The monoisotopic (exact) mass is 470 g/mol. The van der Waals surface area contributed by atoms with Crippen LogP contribution in [0, 0.1) is 0 Å². The Kier molecular flexibility index (Phi) is 7.05. The third-order valence-electron chi connectivity index (χ3n) is 3.69. The van der Waals surface area contributed by atoms with E-state index < -0.39 is 20.0 Å². The standard InChI is InChI=1S/C16H17Cl3N2O4S2/c1-3-21(4-2)27(24,25)16-10-12(6-8-14(16)19)20-26(22,23)15-9-11(17)5-7-13(15)18/h5-10,20H,3-4H2,1-2H3. The van der Waals surface area contributed by atoms with Gasteiger partial charge in [0.2, 0.25) is 10.0 Å². The topological polar surface area (TPSA) is 83.6 Å². The Hall–Kier alpha value is -1.03. The average Bonchev–Trinajstić information content (AvgIpc) is 2.59. The lowest BCUT2D eigenvalue weighted by atomic mass is 10.3. The lowest BCUT2D eigenvalue weighted by Gasteiger charge is -2.20. The molecule has 0 aliphatic heterocycles. The van der Waals surface area contributed by atoms with Crippen LogP contribution in [0.4, 0.5) is 5.69 Å². The van der Waals surface area contributed by atoms with Crippen LogP contribution in [0.3, 0.4) is 0 Å². The number of anilines is 1. The second-order valence-electron chi connectivity index (χ2n) is 5.41. The van der Waals surface area contributed by atoms with Crippen LogP contribution in [-0.4, -0.2) is 34.2 Å². The summed E-state index contributed by atoms with van der Waals surface area (Å²) in [5.41, 5.74) is 0.0289. The summed E-state index contributed by atoms with van der Waals surface area (Å²) >= 11 is 17.9. The van der Waals surface area contributed by atoms with Crippen molar-refractivity contribution in [2.24, 2.45) is 0 Å². The van der Waals surface area contributed by atoms with E-state index in [4.69, 9.17) is 34.8 Å². The summed E-state index contributed by atoms with van der Waals surface area (Å²) < 4.78 is 54.2. The van der Waals surface area contributed by atoms with Crippen molar-refractivity contribution >= 4 is 60.5 Å². The summed E-state index contributed by atoms with van der Waals surface area (Å²) in [6.07, 6.45) is 0. The Morgan fingerprint density at radius 1 is 0.852 bits per heavy atom. The van der Waals surface area contributed by atoms with Gasteiger partial charge in [0, 0.05) is 18.1 Å². The molecule has 2 aromatic carbocycles. The minimum absolute atomic E-state index is 0.00867. The minimum Gasteiger partial charge on any atom is -0.280 e. The molecular formula is C16H17Cl3N2O4S2. The SMILES string of the molecule is CCN(CC)S(=O)(=O)c1cc(NS(=O)(=O)c2cc(Cl)ccc2Cl)ccc1Cl. The van der Waals surface area contributed by atoms with Crippen LogP contribution in [0.25, 0.3) is 0 Å². The van der Waals surface area contributed by atoms with Crippen molar-refractivity contribution in [2.45, 2.75) is 23.6 Å². The third kappa shape index (κ3) is 4.88. The molecule has 0 aliphatic carbocycles. The fourth-order valence-corrected chi connectivity index (χ4v) is 6.13. The summed E-state index contributed by atoms with van der Waals surface area (Å²) in [6.45, 7) is 3.90. The molecule has 11 heteroatoms. The molecule has 0 bridgehead atoms. The number of nitrogens with one attached hydrogen (secondary N) is 1. The van der Waals surface area contributed by atoms with Crippen molar-refractivity contribution < 1.29 is 16.8 Å². The Labute approximate surface area is 174 Å². The highest BCUT2D eigenvalue weighted by Crippen LogP contribution is 2.30. The predicted molar refractivity (Wildman–Crippen MR) is 109 cm³/mol. The van der Waals surface area contributed by atoms with Crippen LogP contribution in [0.1, 0.15) is 13.8 Å². The van der Waals surface area contributed by atoms with E-state index in [1.807, 2.05) is 0 Å². The minimum atomic E-state index is -4.09. The molecule has 0 saturated heterocycles. The maximum absolute atomic E-state index is 12.7. The van der Waals surface area contributed by atoms with Crippen LogP contribution >= 0.6 is 34.8 Å². The largest absolute Gasteiger partial charge is 0.280 e. The molecule has 6 nitrogen and oxygen atoms in total. The van der Waals surface area contributed by atoms with E-state index in [1.54, 1.807) is 13.8 Å². The van der Waals surface area contributed by atoms with Crippen molar-refractivity contribution in [1.82, 2.24) is 4.31 Å². The second-order valence-corrected chi connectivity index (χ2v) is 10.2. The van der Waals surface area contributed by atoms with Gasteiger partial charge in [-0.05, 0) is 36.4 Å². The number of hydrogen-bond acceptors (Lipinski definition) is 4. The second kappa shape index (κ2) is 8.55. The zero-order chi connectivity index (χ0) is 20.4. The number of nitrogens with zero attached hydrogens (tertiary/aromatic N) is 1. The molecule has 1 N–H and O–H groups in total. The molecule has 0 aromatic heterocycles. The zero-order valence-corrected chi connectivity index (χ0v) is 18.3. The van der Waals surface area contributed by atoms with Crippen LogP contribution in [0.15, 0.2) is 46.2 Å². The fraction of sp³-hybridized carbons (Fsp3) is 0.250. The maximum atomic E-state index is 12.7. The molecule has 2 rings (SSSR count). The van der Waals surface area contributed by atoms with E-state index >= 15 is 0 Å². The molecule has 0 amide bonds. The maximum Gasteiger partial charge on any atom is 0.263 e. The summed E-state index contributed by atoms with van der Waals surface area (Å²) in [5, 5.41) is 0.170. The van der Waals surface area contributed by atoms with Crippen LogP contribution in [0.5, 0.6) is 0 Å². The molecule has 2 aromatic rings. The highest BCUT2D eigenvalue weighted by Gasteiger charge is 2.26. The molecule has 0 radical (unpaired) electrons. The third-order valence-corrected chi connectivity index (χ3v) is 8.32. The van der Waals surface area contributed by atoms with Crippen molar-refractivity contribution in [3.05, 3.63) is 51.5 Å². The fourth-order valence-electron chi connectivity index (χ4n) is 2.36. The molecule has 27 heavy (non-hydrogen) atoms. The molecule has 0 aliphatic rings. The van der Waals surface area contributed by atoms with Gasteiger partial charge in [0.1, 0.15) is 9.79 Å². The summed E-state index contributed by atoms with van der Waals surface area (Å²) in [4.78, 5) is -0.412. The first-order valence-corrected chi connectivity index (χ1v) is 11.9. The molecule has 0 spiro atoms. The van der Waals surface area contributed by atoms with Gasteiger partial charge in [0.05, 0.1) is 15.7 Å². The Bertz CT molecular complexity index is 1050. The molecule has 0 fully saturated rings. The van der Waals surface area contributed by atoms with Gasteiger partial charge in [-0.3, -0.25) is 4.72 Å². The lowest BCUT2D eigenvalue weighted by Crippen LogP contribution is -2.30. The quantitative estimate of drug-likeness (QED) is 0.645. The van der Waals surface area contributed by atoms with Crippen LogP contribution in [0.2, 0.25) is 15.1 Å². The van der Waals surface area contributed by atoms with Crippen molar-refractivity contribution in [1.29, 1.82) is 0 Å². The molecule has 0 saturated carbocycles. The van der Waals surface area contributed by atoms with E-state index in [9.17, 15) is 16.8 Å². The van der Waals surface area contributed by atoms with E-state index in [1.165, 1.54) is 40.7 Å². The van der Waals surface area contributed by atoms with E-state index in [-0.39, 0.29) is 43.6 Å². The first kappa shape index (κ1) is 22.3. The summed E-state index contributed by atoms with van der Waals surface area (Å²) in [6, 6.07) is 7.87. The highest BCUT2D eigenvalue weighted by atomic mass is 35.5. The van der Waals surface area contributed by atoms with E-state index in [0.717, 1.165) is 0 Å². The van der Waals surface area contributed by atoms with Gasteiger partial charge in [-0.25, -0.2) is 16.8 Å². The van der Waals surface area contributed by atoms with Crippen LogP contribution in [-0.2, 0) is 20.0 Å². The van der Waals surface area contributed by atoms with Crippen molar-refractivity contribution in [3.63, 3.8) is 0 Å². The van der Waals surface area contributed by atoms with E-state index in [0.29, 0.717) is 0 Å². The zero-order valence-electron chi connectivity index (χ0n) is 14.4. The first-order chi connectivity index (χ1) is 12.5. The van der Waals surface area contributed by atoms with Crippen LogP contribution < -0.4 is 4.72 Å². The van der Waals surface area contributed by atoms with Gasteiger partial charge in [-0.2, -0.15) is 4.31 Å². The molecule has 0 unspecified atom stereocenters. The number of benzene rings is 2. The highest BCUT2D eigenvalue weighted by molar-refractivity contribution is 7.93. The van der Waals surface area contributed by atoms with Gasteiger partial charge in [-0.1, -0.05) is 48.7 Å².